The van der Waals surface area contributed by atoms with E-state index in [9.17, 15) is 9.59 Å². The van der Waals surface area contributed by atoms with E-state index < -0.39 is 0 Å². The van der Waals surface area contributed by atoms with Crippen LogP contribution in [0.25, 0.3) is 0 Å². The number of nitrogens with one attached hydrogen (secondary N) is 1. The average Bonchev–Trinajstić information content (AvgIpc) is 2.83. The summed E-state index contributed by atoms with van der Waals surface area (Å²) in [5.41, 5.74) is 0.472. The third-order valence-corrected chi connectivity index (χ3v) is 5.40. The summed E-state index contributed by atoms with van der Waals surface area (Å²) >= 11 is 0. The van der Waals surface area contributed by atoms with Gasteiger partial charge in [-0.05, 0) is 37.1 Å². The lowest BCUT2D eigenvalue weighted by Gasteiger charge is -2.32. The van der Waals surface area contributed by atoms with Crippen molar-refractivity contribution in [3.05, 3.63) is 48.0 Å². The second kappa shape index (κ2) is 11.3. The minimum absolute atomic E-state index is 0.0446. The minimum atomic E-state index is -0.106. The second-order valence-corrected chi connectivity index (χ2v) is 7.46. The second-order valence-electron chi connectivity index (χ2n) is 7.46. The van der Waals surface area contributed by atoms with Gasteiger partial charge in [0.25, 0.3) is 5.91 Å². The van der Waals surface area contributed by atoms with Crippen molar-refractivity contribution in [2.45, 2.75) is 25.3 Å². The zero-order chi connectivity index (χ0) is 22.9. The van der Waals surface area contributed by atoms with Gasteiger partial charge in [-0.2, -0.15) is 0 Å². The molecule has 172 valence electrons. The number of carbonyl (C=O) groups excluding carboxylic acids is 2. The van der Waals surface area contributed by atoms with E-state index in [2.05, 4.69) is 5.32 Å². The fourth-order valence-electron chi connectivity index (χ4n) is 3.69. The standard InChI is InChI=1S/C24H30N2O6/c1-29-20-15-17(16-21(30-2)23(20)31-3)24(28)26-12-9-18(10-13-26)25-22(27)11-14-32-19-7-5-4-6-8-19/h4-8,15-16,18H,9-14H2,1-3H3,(H,25,27). The molecule has 0 spiro atoms. The number of rotatable bonds is 9. The molecule has 1 aliphatic rings. The number of carbonyl (C=O) groups is 2. The van der Waals surface area contributed by atoms with Gasteiger partial charge in [-0.15, -0.1) is 0 Å². The maximum atomic E-state index is 13.0. The van der Waals surface area contributed by atoms with Crippen LogP contribution in [-0.4, -0.2) is 63.8 Å². The van der Waals surface area contributed by atoms with Crippen molar-refractivity contribution in [2.75, 3.05) is 41.0 Å². The van der Waals surface area contributed by atoms with Crippen LogP contribution in [0.2, 0.25) is 0 Å². The SMILES string of the molecule is COc1cc(C(=O)N2CCC(NC(=O)CCOc3ccccc3)CC2)cc(OC)c1OC. The molecule has 1 heterocycles. The lowest BCUT2D eigenvalue weighted by Crippen LogP contribution is -2.46. The van der Waals surface area contributed by atoms with Crippen LogP contribution in [0.1, 0.15) is 29.6 Å². The van der Waals surface area contributed by atoms with Gasteiger partial charge >= 0.3 is 0 Å². The van der Waals surface area contributed by atoms with E-state index in [4.69, 9.17) is 18.9 Å². The van der Waals surface area contributed by atoms with Crippen LogP contribution >= 0.6 is 0 Å². The zero-order valence-corrected chi connectivity index (χ0v) is 18.8. The van der Waals surface area contributed by atoms with E-state index in [-0.39, 0.29) is 17.9 Å². The number of piperidine rings is 1. The summed E-state index contributed by atoms with van der Waals surface area (Å²) in [7, 11) is 4.56. The van der Waals surface area contributed by atoms with E-state index in [0.717, 1.165) is 5.75 Å². The molecule has 1 fully saturated rings. The summed E-state index contributed by atoms with van der Waals surface area (Å²) in [6.07, 6.45) is 1.68. The Morgan fingerprint density at radius 2 is 1.59 bits per heavy atom. The zero-order valence-electron chi connectivity index (χ0n) is 18.8. The highest BCUT2D eigenvalue weighted by Crippen LogP contribution is 2.38. The molecule has 0 radical (unpaired) electrons. The number of para-hydroxylation sites is 1. The van der Waals surface area contributed by atoms with Gasteiger partial charge < -0.3 is 29.2 Å². The third kappa shape index (κ3) is 5.84. The summed E-state index contributed by atoms with van der Waals surface area (Å²) < 4.78 is 21.6. The van der Waals surface area contributed by atoms with E-state index >= 15 is 0 Å². The minimum Gasteiger partial charge on any atom is -0.493 e. The van der Waals surface area contributed by atoms with Gasteiger partial charge in [-0.25, -0.2) is 0 Å². The van der Waals surface area contributed by atoms with Gasteiger partial charge in [0.15, 0.2) is 11.5 Å². The predicted molar refractivity (Wildman–Crippen MR) is 120 cm³/mol. The van der Waals surface area contributed by atoms with E-state index in [0.29, 0.717) is 61.8 Å². The maximum absolute atomic E-state index is 13.0. The van der Waals surface area contributed by atoms with Crippen LogP contribution in [0.3, 0.4) is 0 Å². The van der Waals surface area contributed by atoms with Gasteiger partial charge in [0, 0.05) is 24.7 Å². The lowest BCUT2D eigenvalue weighted by molar-refractivity contribution is -0.122. The molecule has 2 aromatic rings. The topological polar surface area (TPSA) is 86.3 Å². The van der Waals surface area contributed by atoms with Gasteiger partial charge in [-0.1, -0.05) is 18.2 Å². The molecule has 3 rings (SSSR count). The van der Waals surface area contributed by atoms with Crippen LogP contribution in [0.4, 0.5) is 0 Å². The number of hydrogen-bond donors (Lipinski definition) is 1. The first kappa shape index (κ1) is 23.2. The number of amides is 2. The van der Waals surface area contributed by atoms with Gasteiger partial charge in [0.1, 0.15) is 5.75 Å². The summed E-state index contributed by atoms with van der Waals surface area (Å²) in [6.45, 7) is 1.44. The van der Waals surface area contributed by atoms with E-state index in [1.54, 1.807) is 17.0 Å². The number of likely N-dealkylation sites (tertiary alicyclic amines) is 1. The number of benzene rings is 2. The van der Waals surface area contributed by atoms with Gasteiger partial charge in [0.2, 0.25) is 11.7 Å². The Bertz CT molecular complexity index is 885. The Morgan fingerprint density at radius 3 is 2.16 bits per heavy atom. The first-order valence-corrected chi connectivity index (χ1v) is 10.6. The molecule has 1 N–H and O–H groups in total. The summed E-state index contributed by atoms with van der Waals surface area (Å²) in [4.78, 5) is 27.0. The molecule has 32 heavy (non-hydrogen) atoms. The van der Waals surface area contributed by atoms with Crippen molar-refractivity contribution < 1.29 is 28.5 Å². The molecule has 0 bridgehead atoms. The van der Waals surface area contributed by atoms with Crippen molar-refractivity contribution in [3.8, 4) is 23.0 Å². The summed E-state index contributed by atoms with van der Waals surface area (Å²) in [5, 5.41) is 3.04. The molecule has 0 aliphatic carbocycles. The quantitative estimate of drug-likeness (QED) is 0.643. The Hall–Kier alpha value is -3.42. The van der Waals surface area contributed by atoms with Crippen molar-refractivity contribution >= 4 is 11.8 Å². The van der Waals surface area contributed by atoms with Crippen LogP contribution in [-0.2, 0) is 4.79 Å². The Labute approximate surface area is 188 Å². The van der Waals surface area contributed by atoms with Crippen molar-refractivity contribution in [2.24, 2.45) is 0 Å². The molecule has 0 aromatic heterocycles. The molecule has 8 heteroatoms. The molecule has 0 unspecified atom stereocenters. The first-order chi connectivity index (χ1) is 15.5. The third-order valence-electron chi connectivity index (χ3n) is 5.40. The van der Waals surface area contributed by atoms with Crippen molar-refractivity contribution in [1.82, 2.24) is 10.2 Å². The monoisotopic (exact) mass is 442 g/mol. The lowest BCUT2D eigenvalue weighted by atomic mass is 10.0. The Morgan fingerprint density at radius 1 is 0.969 bits per heavy atom. The maximum Gasteiger partial charge on any atom is 0.254 e. The highest BCUT2D eigenvalue weighted by molar-refractivity contribution is 5.95. The largest absolute Gasteiger partial charge is 0.493 e. The molecule has 1 saturated heterocycles. The van der Waals surface area contributed by atoms with Crippen molar-refractivity contribution in [3.63, 3.8) is 0 Å². The Kier molecular flexibility index (Phi) is 8.19. The molecule has 2 amide bonds. The predicted octanol–water partition coefficient (Wildman–Crippen LogP) is 2.90. The first-order valence-electron chi connectivity index (χ1n) is 10.6. The van der Waals surface area contributed by atoms with Crippen molar-refractivity contribution in [1.29, 1.82) is 0 Å². The molecule has 8 nitrogen and oxygen atoms in total. The molecular weight excluding hydrogens is 412 g/mol. The number of hydrogen-bond acceptors (Lipinski definition) is 6. The van der Waals surface area contributed by atoms with E-state index in [1.165, 1.54) is 21.3 Å². The fraction of sp³-hybridized carbons (Fsp3) is 0.417. The number of ether oxygens (including phenoxy) is 4. The highest BCUT2D eigenvalue weighted by Gasteiger charge is 2.26. The molecule has 2 aromatic carbocycles. The fourth-order valence-corrected chi connectivity index (χ4v) is 3.69. The van der Waals surface area contributed by atoms with Crippen LogP contribution in [0.5, 0.6) is 23.0 Å². The average molecular weight is 443 g/mol. The van der Waals surface area contributed by atoms with Crippen LogP contribution in [0, 0.1) is 0 Å². The molecule has 0 saturated carbocycles. The van der Waals surface area contributed by atoms with Gasteiger partial charge in [0.05, 0.1) is 34.4 Å². The molecule has 1 aliphatic heterocycles. The van der Waals surface area contributed by atoms with Gasteiger partial charge in [-0.3, -0.25) is 9.59 Å². The highest BCUT2D eigenvalue weighted by atomic mass is 16.5. The molecular formula is C24H30N2O6. The number of nitrogens with zero attached hydrogens (tertiary/aromatic N) is 1. The molecule has 0 atom stereocenters. The summed E-state index contributed by atoms with van der Waals surface area (Å²) in [5.74, 6) is 1.92. The number of methoxy groups -OCH3 is 3. The normalized spacial score (nSPS) is 13.9. The Balaban J connectivity index is 1.49. The van der Waals surface area contributed by atoms with E-state index in [1.807, 2.05) is 30.3 Å². The smallest absolute Gasteiger partial charge is 0.254 e. The van der Waals surface area contributed by atoms with Crippen LogP contribution < -0.4 is 24.3 Å². The van der Waals surface area contributed by atoms with Crippen LogP contribution in [0.15, 0.2) is 42.5 Å². The summed E-state index contributed by atoms with van der Waals surface area (Å²) in [6, 6.07) is 12.8.